The van der Waals surface area contributed by atoms with E-state index in [4.69, 9.17) is 16.6 Å². The minimum Gasteiger partial charge on any atom is -0.480 e. The van der Waals surface area contributed by atoms with E-state index in [9.17, 15) is 24.0 Å². The van der Waals surface area contributed by atoms with E-state index in [1.165, 1.54) is 6.92 Å². The van der Waals surface area contributed by atoms with Crippen molar-refractivity contribution in [2.45, 2.75) is 51.7 Å². The number of nitrogens with one attached hydrogen (secondary N) is 3. The molecule has 0 bridgehead atoms. The van der Waals surface area contributed by atoms with Crippen molar-refractivity contribution in [3.63, 3.8) is 0 Å². The number of carboxylic acids is 1. The molecule has 26 heavy (non-hydrogen) atoms. The molecule has 0 aromatic rings. The van der Waals surface area contributed by atoms with Gasteiger partial charge in [0.25, 0.3) is 0 Å². The topological polar surface area (TPSA) is 194 Å². The maximum atomic E-state index is 12.1. The van der Waals surface area contributed by atoms with Crippen LogP contribution in [0.15, 0.2) is 0 Å². The van der Waals surface area contributed by atoms with Crippen LogP contribution in [0.4, 0.5) is 0 Å². The Morgan fingerprint density at radius 2 is 1.58 bits per heavy atom. The van der Waals surface area contributed by atoms with Crippen LogP contribution in [-0.4, -0.2) is 59.4 Å². The highest BCUT2D eigenvalue weighted by atomic mass is 16.4. The van der Waals surface area contributed by atoms with Gasteiger partial charge in [-0.3, -0.25) is 24.0 Å². The molecule has 0 aliphatic rings. The van der Waals surface area contributed by atoms with Crippen molar-refractivity contribution >= 4 is 29.6 Å². The Morgan fingerprint density at radius 3 is 2.04 bits per heavy atom. The molecule has 3 unspecified atom stereocenters. The maximum absolute atomic E-state index is 12.1. The molecule has 8 N–H and O–H groups in total. The van der Waals surface area contributed by atoms with Gasteiger partial charge in [0.15, 0.2) is 0 Å². The normalized spacial score (nSPS) is 14.0. The van der Waals surface area contributed by atoms with E-state index in [0.717, 1.165) is 0 Å². The number of carboxylic acid groups (broad SMARTS) is 1. The molecule has 0 saturated heterocycles. The van der Waals surface area contributed by atoms with Gasteiger partial charge in [-0.1, -0.05) is 13.8 Å². The lowest BCUT2D eigenvalue weighted by Crippen LogP contribution is -2.53. The number of hydrogen-bond acceptors (Lipinski definition) is 6. The fourth-order valence-electron chi connectivity index (χ4n) is 1.93. The Kier molecular flexibility index (Phi) is 9.89. The zero-order chi connectivity index (χ0) is 20.4. The molecule has 0 aromatic carbocycles. The molecule has 3 atom stereocenters. The van der Waals surface area contributed by atoms with Crippen LogP contribution in [-0.2, 0) is 24.0 Å². The largest absolute Gasteiger partial charge is 0.480 e. The van der Waals surface area contributed by atoms with Gasteiger partial charge < -0.3 is 32.5 Å². The van der Waals surface area contributed by atoms with Crippen molar-refractivity contribution in [3.05, 3.63) is 0 Å². The Morgan fingerprint density at radius 1 is 1.00 bits per heavy atom. The summed E-state index contributed by atoms with van der Waals surface area (Å²) in [5.41, 5.74) is 10.4. The van der Waals surface area contributed by atoms with Crippen molar-refractivity contribution in [2.24, 2.45) is 17.4 Å². The molecule has 0 saturated carbocycles. The van der Waals surface area contributed by atoms with E-state index in [1.54, 1.807) is 0 Å². The second kappa shape index (κ2) is 11.0. The molecule has 0 rings (SSSR count). The first-order valence-electron chi connectivity index (χ1n) is 8.08. The lowest BCUT2D eigenvalue weighted by molar-refractivity contribution is -0.141. The van der Waals surface area contributed by atoms with Gasteiger partial charge in [0, 0.05) is 0 Å². The lowest BCUT2D eigenvalue weighted by atomic mass is 10.0. The summed E-state index contributed by atoms with van der Waals surface area (Å²) in [6.07, 6.45) is -0.0854. The Balaban J connectivity index is 4.68. The van der Waals surface area contributed by atoms with Crippen molar-refractivity contribution in [1.29, 1.82) is 0 Å². The van der Waals surface area contributed by atoms with Gasteiger partial charge in [0.2, 0.25) is 23.6 Å². The monoisotopic (exact) mass is 373 g/mol. The molecule has 0 aromatic heterocycles. The smallest absolute Gasteiger partial charge is 0.325 e. The third-order valence-electron chi connectivity index (χ3n) is 3.27. The average molecular weight is 373 g/mol. The Hall–Kier alpha value is -2.69. The molecule has 0 heterocycles. The van der Waals surface area contributed by atoms with E-state index in [-0.39, 0.29) is 18.8 Å². The summed E-state index contributed by atoms with van der Waals surface area (Å²) in [7, 11) is 0. The number of hydrogen-bond donors (Lipinski definition) is 6. The minimum atomic E-state index is -1.20. The van der Waals surface area contributed by atoms with Gasteiger partial charge in [0.05, 0.1) is 19.0 Å². The molecular weight excluding hydrogens is 346 g/mol. The fraction of sp³-hybridized carbons (Fsp3) is 0.667. The zero-order valence-electron chi connectivity index (χ0n) is 15.1. The summed E-state index contributed by atoms with van der Waals surface area (Å²) in [6, 6.07) is -3.24. The molecule has 148 valence electrons. The number of primary amides is 1. The number of carbonyl (C=O) groups excluding carboxylic acids is 4. The molecule has 11 nitrogen and oxygen atoms in total. The van der Waals surface area contributed by atoms with Crippen molar-refractivity contribution in [1.82, 2.24) is 16.0 Å². The van der Waals surface area contributed by atoms with Crippen molar-refractivity contribution in [3.8, 4) is 0 Å². The summed E-state index contributed by atoms with van der Waals surface area (Å²) < 4.78 is 0. The fourth-order valence-corrected chi connectivity index (χ4v) is 1.93. The summed E-state index contributed by atoms with van der Waals surface area (Å²) in [4.78, 5) is 57.3. The van der Waals surface area contributed by atoms with E-state index in [1.807, 2.05) is 13.8 Å². The summed E-state index contributed by atoms with van der Waals surface area (Å²) in [5, 5.41) is 15.8. The standard InChI is InChI=1S/C15H27N5O6/c1-7(2)4-10(14(24)19-8(3)15(25)26)20-12(22)6-18-13(23)9(16)5-11(17)21/h7-10H,4-6,16H2,1-3H3,(H2,17,21)(H,18,23)(H,19,24)(H,20,22)(H,25,26). The van der Waals surface area contributed by atoms with Crippen molar-refractivity contribution < 1.29 is 29.1 Å². The van der Waals surface area contributed by atoms with Gasteiger partial charge in [-0.15, -0.1) is 0 Å². The SMILES string of the molecule is CC(C)CC(NC(=O)CNC(=O)C(N)CC(N)=O)C(=O)NC(C)C(=O)O. The molecule has 0 spiro atoms. The van der Waals surface area contributed by atoms with Crippen LogP contribution in [0.1, 0.15) is 33.6 Å². The first-order valence-corrected chi connectivity index (χ1v) is 8.08. The third kappa shape index (κ3) is 9.57. The first kappa shape index (κ1) is 23.3. The number of nitrogens with two attached hydrogens (primary N) is 2. The second-order valence-corrected chi connectivity index (χ2v) is 6.31. The predicted octanol–water partition coefficient (Wildman–Crippen LogP) is -2.57. The Labute approximate surface area is 151 Å². The molecule has 11 heteroatoms. The highest BCUT2D eigenvalue weighted by Crippen LogP contribution is 2.05. The number of carbonyl (C=O) groups is 5. The van der Waals surface area contributed by atoms with Crippen LogP contribution in [0.25, 0.3) is 0 Å². The van der Waals surface area contributed by atoms with Crippen LogP contribution in [0, 0.1) is 5.92 Å². The van der Waals surface area contributed by atoms with Crippen LogP contribution in [0.2, 0.25) is 0 Å². The number of aliphatic carboxylic acids is 1. The lowest BCUT2D eigenvalue weighted by Gasteiger charge is -2.21. The molecule has 4 amide bonds. The molecule has 0 fully saturated rings. The second-order valence-electron chi connectivity index (χ2n) is 6.31. The van der Waals surface area contributed by atoms with Crippen LogP contribution in [0.3, 0.4) is 0 Å². The van der Waals surface area contributed by atoms with Gasteiger partial charge in [-0.25, -0.2) is 0 Å². The van der Waals surface area contributed by atoms with E-state index < -0.39 is 54.3 Å². The Bertz CT molecular complexity index is 551. The van der Waals surface area contributed by atoms with Gasteiger partial charge in [0.1, 0.15) is 12.1 Å². The summed E-state index contributed by atoms with van der Waals surface area (Å²) >= 11 is 0. The number of rotatable bonds is 11. The summed E-state index contributed by atoms with van der Waals surface area (Å²) in [6.45, 7) is 4.51. The van der Waals surface area contributed by atoms with Crippen LogP contribution >= 0.6 is 0 Å². The van der Waals surface area contributed by atoms with E-state index in [0.29, 0.717) is 0 Å². The predicted molar refractivity (Wildman–Crippen MR) is 91.4 cm³/mol. The molecule has 0 aliphatic heterocycles. The van der Waals surface area contributed by atoms with E-state index >= 15 is 0 Å². The molecule has 0 radical (unpaired) electrons. The average Bonchev–Trinajstić information content (AvgIpc) is 2.50. The highest BCUT2D eigenvalue weighted by Gasteiger charge is 2.25. The summed E-state index contributed by atoms with van der Waals surface area (Å²) in [5.74, 6) is -3.94. The third-order valence-corrected chi connectivity index (χ3v) is 3.27. The molecular formula is C15H27N5O6. The minimum absolute atomic E-state index is 0.0461. The van der Waals surface area contributed by atoms with Gasteiger partial charge in [-0.05, 0) is 19.3 Å². The zero-order valence-corrected chi connectivity index (χ0v) is 15.1. The van der Waals surface area contributed by atoms with E-state index in [2.05, 4.69) is 16.0 Å². The van der Waals surface area contributed by atoms with Gasteiger partial charge in [-0.2, -0.15) is 0 Å². The van der Waals surface area contributed by atoms with Crippen LogP contribution < -0.4 is 27.4 Å². The number of amides is 4. The highest BCUT2D eigenvalue weighted by molar-refractivity contribution is 5.93. The van der Waals surface area contributed by atoms with Crippen LogP contribution in [0.5, 0.6) is 0 Å². The quantitative estimate of drug-likeness (QED) is 0.229. The maximum Gasteiger partial charge on any atom is 0.325 e. The first-order chi connectivity index (χ1) is 11.9. The molecule has 0 aliphatic carbocycles. The van der Waals surface area contributed by atoms with Gasteiger partial charge >= 0.3 is 5.97 Å². The van der Waals surface area contributed by atoms with Crippen molar-refractivity contribution in [2.75, 3.05) is 6.54 Å².